The Morgan fingerprint density at radius 3 is 2.80 bits per heavy atom. The largest absolute Gasteiger partial charge is 0.361 e. The summed E-state index contributed by atoms with van der Waals surface area (Å²) in [4.78, 5) is 15.5. The molecule has 3 rings (SSSR count). The second kappa shape index (κ2) is 5.02. The number of hydrogen-bond donors (Lipinski definition) is 2. The number of para-hydroxylation sites is 1. The minimum absolute atomic E-state index is 0.150. The summed E-state index contributed by atoms with van der Waals surface area (Å²) in [5.41, 5.74) is 3.05. The fourth-order valence-electron chi connectivity index (χ4n) is 2.21. The second-order valence-electron chi connectivity index (χ2n) is 4.61. The van der Waals surface area contributed by atoms with Crippen molar-refractivity contribution in [1.82, 2.24) is 4.98 Å². The number of aromatic amines is 1. The molecule has 0 unspecified atom stereocenters. The second-order valence-corrected chi connectivity index (χ2v) is 5.02. The molecule has 1 heterocycles. The Labute approximate surface area is 121 Å². The number of benzene rings is 2. The predicted molar refractivity (Wildman–Crippen MR) is 82.4 cm³/mol. The molecular weight excluding hydrogens is 272 g/mol. The van der Waals surface area contributed by atoms with Crippen molar-refractivity contribution in [3.63, 3.8) is 0 Å². The Bertz CT molecular complexity index is 792. The highest BCUT2D eigenvalue weighted by molar-refractivity contribution is 6.31. The van der Waals surface area contributed by atoms with Gasteiger partial charge in [0.05, 0.1) is 11.1 Å². The molecule has 0 fully saturated rings. The molecule has 0 aliphatic heterocycles. The molecule has 0 radical (unpaired) electrons. The van der Waals surface area contributed by atoms with Gasteiger partial charge in [0.15, 0.2) is 0 Å². The van der Waals surface area contributed by atoms with Crippen molar-refractivity contribution in [3.05, 3.63) is 64.8 Å². The molecule has 0 aliphatic carbocycles. The average molecular weight is 285 g/mol. The Kier molecular flexibility index (Phi) is 3.20. The highest BCUT2D eigenvalue weighted by atomic mass is 35.5. The third-order valence-electron chi connectivity index (χ3n) is 3.35. The number of carbonyl (C=O) groups excluding carboxylic acids is 1. The number of aromatic nitrogens is 1. The summed E-state index contributed by atoms with van der Waals surface area (Å²) in [7, 11) is 0. The lowest BCUT2D eigenvalue weighted by molar-refractivity contribution is 0.102. The summed E-state index contributed by atoms with van der Waals surface area (Å²) in [6, 6.07) is 13.0. The van der Waals surface area contributed by atoms with Gasteiger partial charge in [0.1, 0.15) is 0 Å². The molecule has 100 valence electrons. The highest BCUT2D eigenvalue weighted by Gasteiger charge is 2.12. The summed E-state index contributed by atoms with van der Waals surface area (Å²) in [5, 5.41) is 4.56. The van der Waals surface area contributed by atoms with Gasteiger partial charge in [-0.05, 0) is 36.8 Å². The number of carbonyl (C=O) groups is 1. The van der Waals surface area contributed by atoms with Crippen LogP contribution in [0, 0.1) is 6.92 Å². The van der Waals surface area contributed by atoms with Crippen molar-refractivity contribution in [2.24, 2.45) is 0 Å². The molecule has 0 aliphatic rings. The maximum absolute atomic E-state index is 12.4. The zero-order chi connectivity index (χ0) is 14.1. The number of amides is 1. The first-order valence-electron chi connectivity index (χ1n) is 6.29. The van der Waals surface area contributed by atoms with Crippen LogP contribution in [0.25, 0.3) is 10.9 Å². The zero-order valence-electron chi connectivity index (χ0n) is 10.9. The molecule has 1 amide bonds. The van der Waals surface area contributed by atoms with Crippen molar-refractivity contribution >= 4 is 34.1 Å². The average Bonchev–Trinajstić information content (AvgIpc) is 2.92. The normalized spacial score (nSPS) is 10.7. The van der Waals surface area contributed by atoms with Crippen LogP contribution >= 0.6 is 11.6 Å². The Hall–Kier alpha value is -2.26. The van der Waals surface area contributed by atoms with Crippen molar-refractivity contribution in [2.45, 2.75) is 6.92 Å². The quantitative estimate of drug-likeness (QED) is 0.720. The fraction of sp³-hybridized carbons (Fsp3) is 0.0625. The molecular formula is C16H13ClN2O. The van der Waals surface area contributed by atoms with Gasteiger partial charge >= 0.3 is 0 Å². The van der Waals surface area contributed by atoms with E-state index in [0.717, 1.165) is 22.2 Å². The number of hydrogen-bond acceptors (Lipinski definition) is 1. The van der Waals surface area contributed by atoms with Crippen LogP contribution in [-0.4, -0.2) is 10.9 Å². The lowest BCUT2D eigenvalue weighted by Crippen LogP contribution is -2.13. The third kappa shape index (κ3) is 2.17. The van der Waals surface area contributed by atoms with Gasteiger partial charge in [-0.1, -0.05) is 29.8 Å². The van der Waals surface area contributed by atoms with Crippen LogP contribution in [-0.2, 0) is 0 Å². The lowest BCUT2D eigenvalue weighted by atomic mass is 10.1. The van der Waals surface area contributed by atoms with Gasteiger partial charge in [0.2, 0.25) is 0 Å². The van der Waals surface area contributed by atoms with E-state index in [4.69, 9.17) is 11.6 Å². The van der Waals surface area contributed by atoms with E-state index >= 15 is 0 Å². The monoisotopic (exact) mass is 284 g/mol. The van der Waals surface area contributed by atoms with Crippen molar-refractivity contribution < 1.29 is 4.79 Å². The van der Waals surface area contributed by atoms with E-state index in [1.807, 2.05) is 43.5 Å². The predicted octanol–water partition coefficient (Wildman–Crippen LogP) is 4.38. The first-order valence-corrected chi connectivity index (χ1v) is 6.67. The molecule has 0 atom stereocenters. The van der Waals surface area contributed by atoms with E-state index in [0.29, 0.717) is 10.6 Å². The number of nitrogens with one attached hydrogen (secondary N) is 2. The van der Waals surface area contributed by atoms with Crippen LogP contribution in [0.15, 0.2) is 48.7 Å². The molecule has 0 saturated carbocycles. The van der Waals surface area contributed by atoms with Crippen LogP contribution in [0.2, 0.25) is 5.02 Å². The minimum Gasteiger partial charge on any atom is -0.361 e. The molecule has 3 nitrogen and oxygen atoms in total. The highest BCUT2D eigenvalue weighted by Crippen LogP contribution is 2.24. The van der Waals surface area contributed by atoms with Crippen LogP contribution in [0.3, 0.4) is 0 Å². The van der Waals surface area contributed by atoms with E-state index in [9.17, 15) is 4.79 Å². The molecule has 3 aromatic rings. The lowest BCUT2D eigenvalue weighted by Gasteiger charge is -2.10. The van der Waals surface area contributed by atoms with E-state index in [2.05, 4.69) is 10.3 Å². The molecule has 4 heteroatoms. The van der Waals surface area contributed by atoms with Crippen LogP contribution in [0.1, 0.15) is 15.9 Å². The fourth-order valence-corrected chi connectivity index (χ4v) is 2.38. The molecule has 2 N–H and O–H groups in total. The maximum atomic E-state index is 12.4. The molecule has 2 aromatic carbocycles. The SMILES string of the molecule is Cc1c(Cl)cccc1NC(=O)c1cccc2cc[nH]c12. The molecule has 0 saturated heterocycles. The number of anilines is 1. The van der Waals surface area contributed by atoms with Crippen LogP contribution < -0.4 is 5.32 Å². The van der Waals surface area contributed by atoms with Crippen molar-refractivity contribution in [2.75, 3.05) is 5.32 Å². The number of fused-ring (bicyclic) bond motifs is 1. The number of H-pyrrole nitrogens is 1. The van der Waals surface area contributed by atoms with Gasteiger partial charge < -0.3 is 10.3 Å². The van der Waals surface area contributed by atoms with E-state index in [-0.39, 0.29) is 5.91 Å². The smallest absolute Gasteiger partial charge is 0.257 e. The van der Waals surface area contributed by atoms with E-state index < -0.39 is 0 Å². The van der Waals surface area contributed by atoms with E-state index in [1.54, 1.807) is 12.1 Å². The van der Waals surface area contributed by atoms with Crippen LogP contribution in [0.4, 0.5) is 5.69 Å². The Balaban J connectivity index is 1.97. The van der Waals surface area contributed by atoms with Crippen molar-refractivity contribution in [1.29, 1.82) is 0 Å². The first-order chi connectivity index (χ1) is 9.66. The molecule has 1 aromatic heterocycles. The van der Waals surface area contributed by atoms with Gasteiger partial charge in [0.25, 0.3) is 5.91 Å². The topological polar surface area (TPSA) is 44.9 Å². The number of halogens is 1. The minimum atomic E-state index is -0.150. The first kappa shape index (κ1) is 12.8. The zero-order valence-corrected chi connectivity index (χ0v) is 11.7. The van der Waals surface area contributed by atoms with Crippen LogP contribution in [0.5, 0.6) is 0 Å². The maximum Gasteiger partial charge on any atom is 0.257 e. The van der Waals surface area contributed by atoms with Gasteiger partial charge in [-0.3, -0.25) is 4.79 Å². The molecule has 0 spiro atoms. The standard InChI is InChI=1S/C16H13ClN2O/c1-10-13(17)6-3-7-14(10)19-16(20)12-5-2-4-11-8-9-18-15(11)12/h2-9,18H,1H3,(H,19,20). The summed E-state index contributed by atoms with van der Waals surface area (Å²) in [5.74, 6) is -0.150. The van der Waals surface area contributed by atoms with Gasteiger partial charge in [0, 0.05) is 22.3 Å². The van der Waals surface area contributed by atoms with Gasteiger partial charge in [-0.25, -0.2) is 0 Å². The van der Waals surface area contributed by atoms with Gasteiger partial charge in [-0.2, -0.15) is 0 Å². The van der Waals surface area contributed by atoms with Gasteiger partial charge in [-0.15, -0.1) is 0 Å². The Morgan fingerprint density at radius 2 is 1.95 bits per heavy atom. The summed E-state index contributed by atoms with van der Waals surface area (Å²) in [6.07, 6.45) is 1.83. The molecule has 0 bridgehead atoms. The summed E-state index contributed by atoms with van der Waals surface area (Å²) >= 11 is 6.06. The van der Waals surface area contributed by atoms with Crippen molar-refractivity contribution in [3.8, 4) is 0 Å². The van der Waals surface area contributed by atoms with E-state index in [1.165, 1.54) is 0 Å². The molecule has 20 heavy (non-hydrogen) atoms. The third-order valence-corrected chi connectivity index (χ3v) is 3.76. The number of rotatable bonds is 2. The summed E-state index contributed by atoms with van der Waals surface area (Å²) < 4.78 is 0. The summed E-state index contributed by atoms with van der Waals surface area (Å²) in [6.45, 7) is 1.88. The Morgan fingerprint density at radius 1 is 1.15 bits per heavy atom.